The number of nitrogens with zero attached hydrogens (tertiary/aromatic N) is 5. The van der Waals surface area contributed by atoms with Crippen LogP contribution in [-0.2, 0) is 0 Å². The molecule has 1 N–H and O–H groups in total. The van der Waals surface area contributed by atoms with E-state index in [2.05, 4.69) is 34.4 Å². The first-order valence-corrected chi connectivity index (χ1v) is 9.85. The van der Waals surface area contributed by atoms with E-state index in [0.717, 1.165) is 71.5 Å². The molecular formula is C18H32N6O. The van der Waals surface area contributed by atoms with Gasteiger partial charge in [-0.2, -0.15) is 0 Å². The maximum absolute atomic E-state index is 12.7. The summed E-state index contributed by atoms with van der Waals surface area (Å²) in [6.45, 7) is 11.5. The van der Waals surface area contributed by atoms with Gasteiger partial charge in [-0.05, 0) is 57.8 Å². The highest BCUT2D eigenvalue weighted by Gasteiger charge is 2.27. The van der Waals surface area contributed by atoms with Gasteiger partial charge in [0, 0.05) is 19.6 Å². The summed E-state index contributed by atoms with van der Waals surface area (Å²) in [5.74, 6) is 0.746. The van der Waals surface area contributed by atoms with Gasteiger partial charge in [0.2, 0.25) is 0 Å². The fraction of sp³-hybridized carbons (Fsp3) is 0.833. The Morgan fingerprint density at radius 1 is 1.20 bits per heavy atom. The molecule has 3 heterocycles. The van der Waals surface area contributed by atoms with E-state index in [9.17, 15) is 4.79 Å². The molecule has 7 heteroatoms. The second-order valence-electron chi connectivity index (χ2n) is 7.29. The van der Waals surface area contributed by atoms with Crippen LogP contribution >= 0.6 is 0 Å². The summed E-state index contributed by atoms with van der Waals surface area (Å²) >= 11 is 0. The lowest BCUT2D eigenvalue weighted by atomic mass is 9.96. The smallest absolute Gasteiger partial charge is 0.276 e. The third kappa shape index (κ3) is 4.58. The molecule has 0 aromatic carbocycles. The summed E-state index contributed by atoms with van der Waals surface area (Å²) in [5, 5.41) is 11.7. The molecule has 0 unspecified atom stereocenters. The van der Waals surface area contributed by atoms with E-state index in [4.69, 9.17) is 0 Å². The van der Waals surface area contributed by atoms with Crippen molar-refractivity contribution in [3.05, 3.63) is 11.9 Å². The first-order chi connectivity index (χ1) is 12.2. The van der Waals surface area contributed by atoms with Gasteiger partial charge in [-0.15, -0.1) is 5.10 Å². The molecule has 0 radical (unpaired) electrons. The average Bonchev–Trinajstić information content (AvgIpc) is 3.17. The number of piperidine rings is 2. The molecule has 2 aliphatic heterocycles. The minimum absolute atomic E-state index is 0.0430. The van der Waals surface area contributed by atoms with Crippen molar-refractivity contribution in [2.45, 2.75) is 45.6 Å². The van der Waals surface area contributed by atoms with Gasteiger partial charge in [-0.1, -0.05) is 19.1 Å². The number of aromatic nitrogens is 3. The minimum Gasteiger partial charge on any atom is -0.337 e. The monoisotopic (exact) mass is 348 g/mol. The molecule has 1 aromatic rings. The average molecular weight is 348 g/mol. The standard InChI is InChI=1S/C18H32N6O/c1-3-22(4-2)13-15-7-11-23(12-8-15)18(25)17-14-24(21-20-17)16-5-9-19-10-6-16/h14-16,19H,3-13H2,1-2H3. The Hall–Kier alpha value is -1.47. The molecule has 0 aliphatic carbocycles. The van der Waals surface area contributed by atoms with Crippen molar-refractivity contribution in [1.82, 2.24) is 30.1 Å². The third-order valence-corrected chi connectivity index (χ3v) is 5.72. The summed E-state index contributed by atoms with van der Waals surface area (Å²) in [7, 11) is 0. The number of rotatable bonds is 6. The summed E-state index contributed by atoms with van der Waals surface area (Å²) in [6, 6.07) is 0.370. The van der Waals surface area contributed by atoms with Crippen LogP contribution in [0.3, 0.4) is 0 Å². The van der Waals surface area contributed by atoms with E-state index in [-0.39, 0.29) is 5.91 Å². The first-order valence-electron chi connectivity index (χ1n) is 9.85. The van der Waals surface area contributed by atoms with Gasteiger partial charge in [0.25, 0.3) is 5.91 Å². The van der Waals surface area contributed by atoms with Crippen LogP contribution in [0.15, 0.2) is 6.20 Å². The van der Waals surface area contributed by atoms with E-state index in [1.807, 2.05) is 15.8 Å². The Labute approximate surface area is 150 Å². The van der Waals surface area contributed by atoms with Gasteiger partial charge >= 0.3 is 0 Å². The Balaban J connectivity index is 1.51. The summed E-state index contributed by atoms with van der Waals surface area (Å²) < 4.78 is 1.89. The number of amides is 1. The molecular weight excluding hydrogens is 316 g/mol. The maximum atomic E-state index is 12.7. The number of hydrogen-bond donors (Lipinski definition) is 1. The fourth-order valence-electron chi connectivity index (χ4n) is 3.95. The van der Waals surface area contributed by atoms with Crippen LogP contribution in [-0.4, -0.2) is 76.5 Å². The van der Waals surface area contributed by atoms with Crippen molar-refractivity contribution in [3.63, 3.8) is 0 Å². The molecule has 7 nitrogen and oxygen atoms in total. The van der Waals surface area contributed by atoms with Crippen LogP contribution < -0.4 is 5.32 Å². The van der Waals surface area contributed by atoms with Crippen LogP contribution in [0.5, 0.6) is 0 Å². The highest BCUT2D eigenvalue weighted by Crippen LogP contribution is 2.21. The number of carbonyl (C=O) groups is 1. The molecule has 25 heavy (non-hydrogen) atoms. The lowest BCUT2D eigenvalue weighted by Gasteiger charge is -2.34. The van der Waals surface area contributed by atoms with E-state index in [0.29, 0.717) is 17.7 Å². The third-order valence-electron chi connectivity index (χ3n) is 5.72. The molecule has 2 saturated heterocycles. The predicted octanol–water partition coefficient (Wildman–Crippen LogP) is 1.40. The highest BCUT2D eigenvalue weighted by atomic mass is 16.2. The van der Waals surface area contributed by atoms with E-state index in [1.165, 1.54) is 0 Å². The molecule has 2 aliphatic rings. The molecule has 3 rings (SSSR count). The van der Waals surface area contributed by atoms with Crippen molar-refractivity contribution in [3.8, 4) is 0 Å². The van der Waals surface area contributed by atoms with Crippen LogP contribution in [0.4, 0.5) is 0 Å². The van der Waals surface area contributed by atoms with Gasteiger partial charge in [0.15, 0.2) is 5.69 Å². The molecule has 1 amide bonds. The zero-order valence-corrected chi connectivity index (χ0v) is 15.7. The Kier molecular flexibility index (Phi) is 6.42. The predicted molar refractivity (Wildman–Crippen MR) is 97.6 cm³/mol. The van der Waals surface area contributed by atoms with Crippen molar-refractivity contribution in [1.29, 1.82) is 0 Å². The van der Waals surface area contributed by atoms with Gasteiger partial charge in [0.05, 0.1) is 12.2 Å². The normalized spacial score (nSPS) is 20.4. The van der Waals surface area contributed by atoms with Crippen LogP contribution in [0.1, 0.15) is 56.1 Å². The van der Waals surface area contributed by atoms with E-state index < -0.39 is 0 Å². The Morgan fingerprint density at radius 2 is 1.88 bits per heavy atom. The van der Waals surface area contributed by atoms with Gasteiger partial charge < -0.3 is 15.1 Å². The lowest BCUT2D eigenvalue weighted by molar-refractivity contribution is 0.0663. The van der Waals surface area contributed by atoms with E-state index >= 15 is 0 Å². The molecule has 2 fully saturated rings. The quantitative estimate of drug-likeness (QED) is 0.842. The Bertz CT molecular complexity index is 542. The second kappa shape index (κ2) is 8.76. The largest absolute Gasteiger partial charge is 0.337 e. The van der Waals surface area contributed by atoms with Crippen molar-refractivity contribution in [2.75, 3.05) is 45.8 Å². The molecule has 0 saturated carbocycles. The topological polar surface area (TPSA) is 66.3 Å². The number of nitrogens with one attached hydrogen (secondary N) is 1. The van der Waals surface area contributed by atoms with Crippen molar-refractivity contribution >= 4 is 5.91 Å². The summed E-state index contributed by atoms with van der Waals surface area (Å²) in [5.41, 5.74) is 0.501. The molecule has 1 aromatic heterocycles. The molecule has 0 spiro atoms. The summed E-state index contributed by atoms with van der Waals surface area (Å²) in [6.07, 6.45) is 6.12. The van der Waals surface area contributed by atoms with Crippen LogP contribution in [0, 0.1) is 5.92 Å². The maximum Gasteiger partial charge on any atom is 0.276 e. The highest BCUT2D eigenvalue weighted by molar-refractivity contribution is 5.92. The van der Waals surface area contributed by atoms with Gasteiger partial charge in [0.1, 0.15) is 0 Å². The Morgan fingerprint density at radius 3 is 2.52 bits per heavy atom. The lowest BCUT2D eigenvalue weighted by Crippen LogP contribution is -2.41. The van der Waals surface area contributed by atoms with Crippen molar-refractivity contribution < 1.29 is 4.79 Å². The van der Waals surface area contributed by atoms with Crippen LogP contribution in [0.2, 0.25) is 0 Å². The number of likely N-dealkylation sites (tertiary alicyclic amines) is 1. The van der Waals surface area contributed by atoms with Crippen molar-refractivity contribution in [2.24, 2.45) is 5.92 Å². The van der Waals surface area contributed by atoms with E-state index in [1.54, 1.807) is 0 Å². The molecule has 0 atom stereocenters. The van der Waals surface area contributed by atoms with Gasteiger partial charge in [-0.3, -0.25) is 4.79 Å². The van der Waals surface area contributed by atoms with Crippen LogP contribution in [0.25, 0.3) is 0 Å². The summed E-state index contributed by atoms with van der Waals surface area (Å²) in [4.78, 5) is 17.2. The second-order valence-corrected chi connectivity index (χ2v) is 7.29. The molecule has 140 valence electrons. The number of carbonyl (C=O) groups excluding carboxylic acids is 1. The minimum atomic E-state index is 0.0430. The zero-order valence-electron chi connectivity index (χ0n) is 15.7. The SMILES string of the molecule is CCN(CC)CC1CCN(C(=O)c2cn(C3CCNCC3)nn2)CC1. The fourth-order valence-corrected chi connectivity index (χ4v) is 3.95. The number of hydrogen-bond acceptors (Lipinski definition) is 5. The zero-order chi connectivity index (χ0) is 17.6. The molecule has 0 bridgehead atoms. The van der Waals surface area contributed by atoms with Gasteiger partial charge in [-0.25, -0.2) is 4.68 Å². The first kappa shape index (κ1) is 18.3.